The van der Waals surface area contributed by atoms with Crippen molar-refractivity contribution in [1.82, 2.24) is 4.57 Å². The highest BCUT2D eigenvalue weighted by Gasteiger charge is 2.35. The van der Waals surface area contributed by atoms with Gasteiger partial charge in [-0.15, -0.1) is 0 Å². The Labute approximate surface area is 268 Å². The van der Waals surface area contributed by atoms with Gasteiger partial charge in [-0.3, -0.25) is 9.36 Å². The number of halogens is 1. The first-order chi connectivity index (χ1) is 22.0. The maximum atomic E-state index is 14.2. The van der Waals surface area contributed by atoms with Crippen LogP contribution in [0.1, 0.15) is 40.8 Å². The molecule has 0 N–H and O–H groups in total. The van der Waals surface area contributed by atoms with E-state index in [1.165, 1.54) is 11.3 Å². The smallest absolute Gasteiger partial charge is 0.338 e. The minimum absolute atomic E-state index is 0.158. The van der Waals surface area contributed by atoms with Crippen molar-refractivity contribution in [2.24, 2.45) is 4.99 Å². The molecule has 0 fully saturated rings. The van der Waals surface area contributed by atoms with E-state index in [4.69, 9.17) is 26.1 Å². The number of fused-ring (bicyclic) bond motifs is 1. The number of aromatic nitrogens is 1. The molecule has 1 aliphatic rings. The van der Waals surface area contributed by atoms with Crippen LogP contribution in [0, 0.1) is 11.3 Å². The van der Waals surface area contributed by atoms with E-state index >= 15 is 0 Å². The minimum atomic E-state index is -0.767. The number of carbonyl (C=O) groups is 1. The summed E-state index contributed by atoms with van der Waals surface area (Å²) < 4.78 is 13.6. The van der Waals surface area contributed by atoms with Gasteiger partial charge in [-0.05, 0) is 42.8 Å². The molecule has 0 radical (unpaired) electrons. The largest absolute Gasteiger partial charge is 0.488 e. The van der Waals surface area contributed by atoms with Crippen molar-refractivity contribution in [2.45, 2.75) is 19.6 Å². The Morgan fingerprint density at radius 2 is 1.73 bits per heavy atom. The van der Waals surface area contributed by atoms with Crippen molar-refractivity contribution >= 4 is 40.7 Å². The zero-order valence-corrected chi connectivity index (χ0v) is 25.7. The summed E-state index contributed by atoms with van der Waals surface area (Å²) in [5, 5.41) is 9.95. The lowest BCUT2D eigenvalue weighted by Gasteiger charge is -2.25. The van der Waals surface area contributed by atoms with Gasteiger partial charge in [0, 0.05) is 21.7 Å². The third-order valence-corrected chi connectivity index (χ3v) is 8.49. The van der Waals surface area contributed by atoms with E-state index in [0.717, 1.165) is 16.7 Å². The van der Waals surface area contributed by atoms with Crippen LogP contribution in [0.5, 0.6) is 5.75 Å². The second kappa shape index (κ2) is 13.2. The summed E-state index contributed by atoms with van der Waals surface area (Å²) >= 11 is 7.60. The number of nitrogens with zero attached hydrogens (tertiary/aromatic N) is 3. The van der Waals surface area contributed by atoms with Crippen LogP contribution in [0.4, 0.5) is 0 Å². The van der Waals surface area contributed by atoms with Gasteiger partial charge < -0.3 is 9.47 Å². The van der Waals surface area contributed by atoms with E-state index in [-0.39, 0.29) is 24.3 Å². The Morgan fingerprint density at radius 1 is 1.02 bits per heavy atom. The van der Waals surface area contributed by atoms with Gasteiger partial charge in [0.05, 0.1) is 40.1 Å². The molecule has 45 heavy (non-hydrogen) atoms. The zero-order valence-electron chi connectivity index (χ0n) is 24.1. The average molecular weight is 632 g/mol. The molecule has 0 saturated carbocycles. The molecule has 9 heteroatoms. The first-order valence-corrected chi connectivity index (χ1v) is 15.4. The van der Waals surface area contributed by atoms with Crippen LogP contribution in [0.15, 0.2) is 118 Å². The fourth-order valence-electron chi connectivity index (χ4n) is 5.21. The summed E-state index contributed by atoms with van der Waals surface area (Å²) in [6, 6.07) is 32.6. The molecule has 1 atom stereocenters. The summed E-state index contributed by atoms with van der Waals surface area (Å²) in [5.41, 5.74) is 3.77. The topological polar surface area (TPSA) is 93.7 Å². The number of rotatable bonds is 8. The molecule has 1 aromatic heterocycles. The molecule has 0 spiro atoms. The van der Waals surface area contributed by atoms with Crippen molar-refractivity contribution in [3.05, 3.63) is 161 Å². The molecule has 5 aromatic rings. The van der Waals surface area contributed by atoms with E-state index in [1.807, 2.05) is 72.8 Å². The maximum absolute atomic E-state index is 14.2. The molecule has 0 amide bonds. The van der Waals surface area contributed by atoms with E-state index < -0.39 is 12.0 Å². The molecule has 222 valence electrons. The molecular weight excluding hydrogens is 606 g/mol. The van der Waals surface area contributed by atoms with Gasteiger partial charge in [0.2, 0.25) is 0 Å². The molecular formula is C36H26ClN3O4S. The molecule has 1 aliphatic heterocycles. The minimum Gasteiger partial charge on any atom is -0.488 e. The third kappa shape index (κ3) is 6.09. The van der Waals surface area contributed by atoms with Crippen LogP contribution in [0.25, 0.3) is 11.8 Å². The van der Waals surface area contributed by atoms with Crippen molar-refractivity contribution < 1.29 is 14.3 Å². The quantitative estimate of drug-likeness (QED) is 0.195. The molecule has 7 nitrogen and oxygen atoms in total. The fraction of sp³-hybridized carbons (Fsp3) is 0.111. The Kier molecular flexibility index (Phi) is 8.74. The summed E-state index contributed by atoms with van der Waals surface area (Å²) in [5.74, 6) is -0.0406. The fourth-order valence-corrected chi connectivity index (χ4v) is 6.38. The average Bonchev–Trinajstić information content (AvgIpc) is 3.38. The maximum Gasteiger partial charge on any atom is 0.338 e. The van der Waals surface area contributed by atoms with E-state index in [0.29, 0.717) is 36.9 Å². The van der Waals surface area contributed by atoms with Crippen molar-refractivity contribution in [1.29, 1.82) is 5.26 Å². The number of ether oxygens (including phenoxy) is 2. The number of nitriles is 1. The van der Waals surface area contributed by atoms with Crippen LogP contribution in [-0.4, -0.2) is 17.1 Å². The van der Waals surface area contributed by atoms with Gasteiger partial charge in [-0.2, -0.15) is 5.26 Å². The number of hydrogen-bond donors (Lipinski definition) is 0. The molecule has 0 unspecified atom stereocenters. The first kappa shape index (κ1) is 29.8. The Balaban J connectivity index is 1.53. The van der Waals surface area contributed by atoms with Crippen LogP contribution in [0.3, 0.4) is 0 Å². The van der Waals surface area contributed by atoms with Gasteiger partial charge in [0.25, 0.3) is 5.56 Å². The summed E-state index contributed by atoms with van der Waals surface area (Å²) in [4.78, 5) is 33.1. The lowest BCUT2D eigenvalue weighted by Crippen LogP contribution is -2.40. The summed E-state index contributed by atoms with van der Waals surface area (Å²) in [6.45, 7) is 2.08. The number of thiazole rings is 1. The first-order valence-electron chi connectivity index (χ1n) is 14.2. The van der Waals surface area contributed by atoms with Crippen molar-refractivity contribution in [2.75, 3.05) is 6.61 Å². The summed E-state index contributed by atoms with van der Waals surface area (Å²) in [6.07, 6.45) is 1.72. The van der Waals surface area contributed by atoms with Gasteiger partial charge in [0.1, 0.15) is 12.4 Å². The Bertz CT molecular complexity index is 2150. The van der Waals surface area contributed by atoms with E-state index in [9.17, 15) is 14.9 Å². The molecule has 0 bridgehead atoms. The molecule has 6 rings (SSSR count). The second-order valence-corrected chi connectivity index (χ2v) is 11.5. The predicted octanol–water partition coefficient (Wildman–Crippen LogP) is 6.04. The monoisotopic (exact) mass is 631 g/mol. The van der Waals surface area contributed by atoms with Crippen molar-refractivity contribution in [3.63, 3.8) is 0 Å². The van der Waals surface area contributed by atoms with Crippen LogP contribution < -0.4 is 19.6 Å². The summed E-state index contributed by atoms with van der Waals surface area (Å²) in [7, 11) is 0. The highest BCUT2D eigenvalue weighted by molar-refractivity contribution is 7.07. The standard InChI is InChI=1S/C36H26ClN3O4S/c1-2-43-35(42)31-32(23-11-5-3-6-12-23)39-36-40(33(31)24-13-7-4-8-14-24)34(41)30(45-36)20-27-19-28(37)17-18-29(27)44-22-26-16-10-9-15-25(26)21-38/h3-20,33H,2,22H2,1H3/b30-20-/t33-/m0/s1. The number of hydrogen-bond acceptors (Lipinski definition) is 7. The van der Waals surface area contributed by atoms with E-state index in [1.54, 1.807) is 47.9 Å². The number of carbonyl (C=O) groups excluding carboxylic acids is 1. The molecule has 4 aromatic carbocycles. The lowest BCUT2D eigenvalue weighted by molar-refractivity contribution is -0.138. The van der Waals surface area contributed by atoms with E-state index in [2.05, 4.69) is 6.07 Å². The third-order valence-electron chi connectivity index (χ3n) is 7.27. The van der Waals surface area contributed by atoms with Crippen LogP contribution in [-0.2, 0) is 16.1 Å². The van der Waals surface area contributed by atoms with Crippen LogP contribution >= 0.6 is 22.9 Å². The highest BCUT2D eigenvalue weighted by atomic mass is 35.5. The normalized spacial score (nSPS) is 14.3. The second-order valence-electron chi connectivity index (χ2n) is 10.1. The molecule has 0 saturated heterocycles. The van der Waals surface area contributed by atoms with Gasteiger partial charge in [-0.25, -0.2) is 9.79 Å². The van der Waals surface area contributed by atoms with Gasteiger partial charge in [-0.1, -0.05) is 102 Å². The van der Waals surface area contributed by atoms with Crippen molar-refractivity contribution in [3.8, 4) is 11.8 Å². The SMILES string of the molecule is CCOC(=O)C1=C(c2ccccc2)N=c2s/c(=C\c3cc(Cl)ccc3OCc3ccccc3C#N)c(=O)n2[C@H]1c1ccccc1. The van der Waals surface area contributed by atoms with Gasteiger partial charge in [0.15, 0.2) is 4.80 Å². The number of esters is 1. The highest BCUT2D eigenvalue weighted by Crippen LogP contribution is 2.35. The molecule has 0 aliphatic carbocycles. The Hall–Kier alpha value is -5.23. The lowest BCUT2D eigenvalue weighted by atomic mass is 9.93. The van der Waals surface area contributed by atoms with Gasteiger partial charge >= 0.3 is 5.97 Å². The zero-order chi connectivity index (χ0) is 31.3. The molecule has 2 heterocycles. The number of benzene rings is 4. The van der Waals surface area contributed by atoms with Crippen LogP contribution in [0.2, 0.25) is 5.02 Å². The Morgan fingerprint density at radius 3 is 2.47 bits per heavy atom. The predicted molar refractivity (Wildman–Crippen MR) is 174 cm³/mol.